The lowest BCUT2D eigenvalue weighted by atomic mass is 10.0. The van der Waals surface area contributed by atoms with Crippen molar-refractivity contribution in [2.24, 2.45) is 0 Å². The molecule has 3 heteroatoms. The summed E-state index contributed by atoms with van der Waals surface area (Å²) in [5.74, 6) is 0. The fourth-order valence-electron chi connectivity index (χ4n) is 2.21. The number of carbonyl (C=O) groups is 1. The molecule has 0 fully saturated rings. The maximum absolute atomic E-state index is 11.1. The molecule has 0 aliphatic carbocycles. The Balaban J connectivity index is 2.59. The van der Waals surface area contributed by atoms with Gasteiger partial charge < -0.3 is 10.0 Å². The van der Waals surface area contributed by atoms with Gasteiger partial charge in [-0.25, -0.2) is 0 Å². The lowest BCUT2D eigenvalue weighted by Crippen LogP contribution is -2.22. The van der Waals surface area contributed by atoms with Gasteiger partial charge in [0.05, 0.1) is 6.10 Å². The van der Waals surface area contributed by atoms with Crippen LogP contribution in [-0.2, 0) is 4.79 Å². The summed E-state index contributed by atoms with van der Waals surface area (Å²) in [7, 11) is 0. The summed E-state index contributed by atoms with van der Waals surface area (Å²) in [6, 6.07) is 7.69. The minimum absolute atomic E-state index is 0.393. The molecule has 0 aromatic heterocycles. The minimum atomic E-state index is -0.393. The molecule has 3 nitrogen and oxygen atoms in total. The number of aliphatic hydroxyl groups excluding tert-OH is 1. The molecule has 1 amide bonds. The number of benzene rings is 1. The second-order valence-corrected chi connectivity index (χ2v) is 5.26. The Morgan fingerprint density at radius 1 is 1.10 bits per heavy atom. The van der Waals surface area contributed by atoms with E-state index < -0.39 is 6.10 Å². The molecule has 0 aliphatic heterocycles. The van der Waals surface area contributed by atoms with Crippen LogP contribution in [-0.4, -0.2) is 18.1 Å². The molecule has 0 spiro atoms. The van der Waals surface area contributed by atoms with Gasteiger partial charge in [-0.05, 0) is 30.5 Å². The highest BCUT2D eigenvalue weighted by Crippen LogP contribution is 2.22. The molecule has 0 saturated carbocycles. The summed E-state index contributed by atoms with van der Waals surface area (Å²) >= 11 is 0. The van der Waals surface area contributed by atoms with Gasteiger partial charge in [-0.3, -0.25) is 4.79 Å². The number of hydrogen-bond donors (Lipinski definition) is 1. The zero-order valence-electron chi connectivity index (χ0n) is 12.7. The van der Waals surface area contributed by atoms with E-state index in [-0.39, 0.29) is 0 Å². The van der Waals surface area contributed by atoms with Crippen LogP contribution >= 0.6 is 0 Å². The molecular formula is C17H27NO2. The highest BCUT2D eigenvalue weighted by Gasteiger charge is 2.09. The van der Waals surface area contributed by atoms with Gasteiger partial charge in [0.25, 0.3) is 0 Å². The Morgan fingerprint density at radius 2 is 1.75 bits per heavy atom. The van der Waals surface area contributed by atoms with Crippen molar-refractivity contribution in [1.29, 1.82) is 0 Å². The van der Waals surface area contributed by atoms with E-state index in [0.717, 1.165) is 62.7 Å². The fourth-order valence-corrected chi connectivity index (χ4v) is 2.21. The third kappa shape index (κ3) is 5.33. The van der Waals surface area contributed by atoms with Gasteiger partial charge >= 0.3 is 0 Å². The second kappa shape index (κ2) is 9.54. The lowest BCUT2D eigenvalue weighted by molar-refractivity contribution is -0.107. The molecular weight excluding hydrogens is 250 g/mol. The number of anilines is 1. The van der Waals surface area contributed by atoms with Crippen molar-refractivity contribution < 1.29 is 9.90 Å². The Bertz CT molecular complexity index is 375. The van der Waals surface area contributed by atoms with Gasteiger partial charge in [-0.1, -0.05) is 51.7 Å². The lowest BCUT2D eigenvalue weighted by Gasteiger charge is -2.18. The van der Waals surface area contributed by atoms with Crippen LogP contribution in [0.25, 0.3) is 0 Å². The van der Waals surface area contributed by atoms with Crippen LogP contribution < -0.4 is 4.90 Å². The molecule has 0 unspecified atom stereocenters. The smallest absolute Gasteiger partial charge is 0.214 e. The molecule has 0 heterocycles. The van der Waals surface area contributed by atoms with Crippen LogP contribution in [0.1, 0.15) is 64.0 Å². The van der Waals surface area contributed by atoms with E-state index in [2.05, 4.69) is 13.8 Å². The van der Waals surface area contributed by atoms with Gasteiger partial charge in [0, 0.05) is 12.2 Å². The minimum Gasteiger partial charge on any atom is -0.388 e. The van der Waals surface area contributed by atoms with E-state index in [0.29, 0.717) is 0 Å². The topological polar surface area (TPSA) is 40.5 Å². The summed E-state index contributed by atoms with van der Waals surface area (Å²) in [5.41, 5.74) is 1.84. The average Bonchev–Trinajstić information content (AvgIpc) is 2.49. The van der Waals surface area contributed by atoms with Crippen molar-refractivity contribution in [1.82, 2.24) is 0 Å². The first kappa shape index (κ1) is 16.7. The van der Waals surface area contributed by atoms with Crippen LogP contribution in [0.15, 0.2) is 24.3 Å². The summed E-state index contributed by atoms with van der Waals surface area (Å²) in [5, 5.41) is 10.1. The first-order valence-corrected chi connectivity index (χ1v) is 7.72. The molecule has 20 heavy (non-hydrogen) atoms. The molecule has 1 atom stereocenters. The van der Waals surface area contributed by atoms with E-state index in [4.69, 9.17) is 0 Å². The molecule has 1 aromatic rings. The van der Waals surface area contributed by atoms with Crippen molar-refractivity contribution in [3.63, 3.8) is 0 Å². The maximum atomic E-state index is 11.1. The van der Waals surface area contributed by atoms with Gasteiger partial charge in [0.1, 0.15) is 0 Å². The molecule has 112 valence electrons. The van der Waals surface area contributed by atoms with E-state index in [1.54, 1.807) is 4.90 Å². The largest absolute Gasteiger partial charge is 0.388 e. The van der Waals surface area contributed by atoms with Crippen LogP contribution in [0.3, 0.4) is 0 Å². The predicted octanol–water partition coefficient (Wildman–Crippen LogP) is 4.06. The predicted molar refractivity (Wildman–Crippen MR) is 83.9 cm³/mol. The Hall–Kier alpha value is -1.35. The van der Waals surface area contributed by atoms with Crippen molar-refractivity contribution in [3.05, 3.63) is 29.8 Å². The number of amides is 1. The molecule has 1 aromatic carbocycles. The van der Waals surface area contributed by atoms with Gasteiger partial charge in [-0.2, -0.15) is 0 Å². The normalized spacial score (nSPS) is 12.2. The van der Waals surface area contributed by atoms with Crippen LogP contribution in [0, 0.1) is 0 Å². The van der Waals surface area contributed by atoms with Crippen molar-refractivity contribution in [2.75, 3.05) is 11.4 Å². The van der Waals surface area contributed by atoms with Crippen LogP contribution in [0.4, 0.5) is 5.69 Å². The number of rotatable bonds is 10. The third-order valence-electron chi connectivity index (χ3n) is 3.57. The highest BCUT2D eigenvalue weighted by molar-refractivity contribution is 5.74. The number of hydrogen-bond acceptors (Lipinski definition) is 2. The monoisotopic (exact) mass is 277 g/mol. The average molecular weight is 277 g/mol. The molecule has 0 aliphatic rings. The molecule has 0 radical (unpaired) electrons. The first-order valence-electron chi connectivity index (χ1n) is 7.72. The Kier molecular flexibility index (Phi) is 7.97. The number of aliphatic hydroxyl groups is 1. The number of nitrogens with zero attached hydrogens (tertiary/aromatic N) is 1. The van der Waals surface area contributed by atoms with Crippen molar-refractivity contribution in [2.45, 2.75) is 58.5 Å². The molecule has 0 bridgehead atoms. The standard InChI is InChI=1S/C17H27NO2/c1-3-5-7-8-17(20)15-9-11-16(12-10-15)18(14-19)13-6-4-2/h9-12,14,17,20H,3-8,13H2,1-2H3/t17-/m0/s1. The third-order valence-corrected chi connectivity index (χ3v) is 3.57. The second-order valence-electron chi connectivity index (χ2n) is 5.26. The Morgan fingerprint density at radius 3 is 2.30 bits per heavy atom. The van der Waals surface area contributed by atoms with E-state index in [9.17, 15) is 9.90 Å². The van der Waals surface area contributed by atoms with E-state index in [1.165, 1.54) is 0 Å². The van der Waals surface area contributed by atoms with Crippen LogP contribution in [0.2, 0.25) is 0 Å². The van der Waals surface area contributed by atoms with Crippen molar-refractivity contribution in [3.8, 4) is 0 Å². The van der Waals surface area contributed by atoms with Gasteiger partial charge in [0.2, 0.25) is 6.41 Å². The SMILES string of the molecule is CCCCC[C@H](O)c1ccc(N(C=O)CCCC)cc1. The van der Waals surface area contributed by atoms with E-state index in [1.807, 2.05) is 24.3 Å². The zero-order chi connectivity index (χ0) is 14.8. The van der Waals surface area contributed by atoms with Gasteiger partial charge in [0.15, 0.2) is 0 Å². The molecule has 1 rings (SSSR count). The van der Waals surface area contributed by atoms with Crippen LogP contribution in [0.5, 0.6) is 0 Å². The quantitative estimate of drug-likeness (QED) is 0.517. The first-order chi connectivity index (χ1) is 9.72. The molecule has 1 N–H and O–H groups in total. The maximum Gasteiger partial charge on any atom is 0.214 e. The number of unbranched alkanes of at least 4 members (excludes halogenated alkanes) is 3. The summed E-state index contributed by atoms with van der Waals surface area (Å²) in [6.07, 6.45) is 6.73. The fraction of sp³-hybridized carbons (Fsp3) is 0.588. The number of carbonyl (C=O) groups excluding carboxylic acids is 1. The summed E-state index contributed by atoms with van der Waals surface area (Å²) < 4.78 is 0. The zero-order valence-corrected chi connectivity index (χ0v) is 12.7. The highest BCUT2D eigenvalue weighted by atomic mass is 16.3. The van der Waals surface area contributed by atoms with Crippen molar-refractivity contribution >= 4 is 12.1 Å². The molecule has 0 saturated heterocycles. The van der Waals surface area contributed by atoms with Gasteiger partial charge in [-0.15, -0.1) is 0 Å². The summed E-state index contributed by atoms with van der Waals surface area (Å²) in [6.45, 7) is 5.02. The van der Waals surface area contributed by atoms with E-state index >= 15 is 0 Å². The summed E-state index contributed by atoms with van der Waals surface area (Å²) in [4.78, 5) is 12.8. The Labute approximate surface area is 122 Å².